The molecule has 0 spiro atoms. The Morgan fingerprint density at radius 3 is 2.50 bits per heavy atom. The quantitative estimate of drug-likeness (QED) is 0.787. The summed E-state index contributed by atoms with van der Waals surface area (Å²) in [5.41, 5.74) is 8.67. The molecule has 1 fully saturated rings. The zero-order chi connectivity index (χ0) is 17.0. The second-order valence-corrected chi connectivity index (χ2v) is 6.87. The molecule has 0 heterocycles. The lowest BCUT2D eigenvalue weighted by Gasteiger charge is -2.37. The molecule has 24 heavy (non-hydrogen) atoms. The summed E-state index contributed by atoms with van der Waals surface area (Å²) in [7, 11) is 0. The summed E-state index contributed by atoms with van der Waals surface area (Å²) in [5.74, 6) is -0.103. The summed E-state index contributed by atoms with van der Waals surface area (Å²) in [5, 5.41) is 6.37. The van der Waals surface area contributed by atoms with Gasteiger partial charge in [-0.25, -0.2) is 0 Å². The average Bonchev–Trinajstić information content (AvgIpc) is 2.55. The van der Waals surface area contributed by atoms with E-state index in [2.05, 4.69) is 10.6 Å². The standard InChI is InChI=1S/C20H25N3O/c1-20(21)13-6-5-12-18(20)19(24)23-17-11-7-10-16(14-17)22-15-8-3-2-4-9-15/h2-4,7-11,14,18,22H,5-6,12-13,21H2,1H3,(H,23,24). The minimum atomic E-state index is -0.414. The maximum atomic E-state index is 12.6. The van der Waals surface area contributed by atoms with Crippen LogP contribution in [0.4, 0.5) is 17.1 Å². The fourth-order valence-corrected chi connectivity index (χ4v) is 3.38. The van der Waals surface area contributed by atoms with E-state index in [1.807, 2.05) is 61.5 Å². The van der Waals surface area contributed by atoms with Crippen molar-refractivity contribution in [3.8, 4) is 0 Å². The van der Waals surface area contributed by atoms with Crippen molar-refractivity contribution in [1.29, 1.82) is 0 Å². The number of nitrogens with two attached hydrogens (primary N) is 1. The highest BCUT2D eigenvalue weighted by molar-refractivity contribution is 5.94. The number of carbonyl (C=O) groups is 1. The van der Waals surface area contributed by atoms with Gasteiger partial charge in [0.1, 0.15) is 0 Å². The van der Waals surface area contributed by atoms with Crippen molar-refractivity contribution in [2.45, 2.75) is 38.1 Å². The van der Waals surface area contributed by atoms with E-state index in [-0.39, 0.29) is 11.8 Å². The van der Waals surface area contributed by atoms with Gasteiger partial charge in [-0.05, 0) is 50.1 Å². The first-order valence-electron chi connectivity index (χ1n) is 8.56. The van der Waals surface area contributed by atoms with Gasteiger partial charge >= 0.3 is 0 Å². The van der Waals surface area contributed by atoms with Gasteiger partial charge in [0, 0.05) is 22.6 Å². The molecule has 1 saturated carbocycles. The highest BCUT2D eigenvalue weighted by atomic mass is 16.1. The Labute approximate surface area is 143 Å². The van der Waals surface area contributed by atoms with E-state index in [0.29, 0.717) is 0 Å². The molecular formula is C20H25N3O. The molecule has 2 aromatic rings. The van der Waals surface area contributed by atoms with E-state index in [4.69, 9.17) is 5.73 Å². The minimum Gasteiger partial charge on any atom is -0.355 e. The van der Waals surface area contributed by atoms with Gasteiger partial charge in [-0.15, -0.1) is 0 Å². The lowest BCUT2D eigenvalue weighted by Crippen LogP contribution is -2.51. The van der Waals surface area contributed by atoms with E-state index < -0.39 is 5.54 Å². The Hall–Kier alpha value is -2.33. The van der Waals surface area contributed by atoms with Crippen molar-refractivity contribution >= 4 is 23.0 Å². The fourth-order valence-electron chi connectivity index (χ4n) is 3.38. The molecule has 0 aliphatic heterocycles. The lowest BCUT2D eigenvalue weighted by molar-refractivity contribution is -0.122. The van der Waals surface area contributed by atoms with Crippen molar-refractivity contribution in [2.24, 2.45) is 11.7 Å². The SMILES string of the molecule is CC1(N)CCCCC1C(=O)Nc1cccc(Nc2ccccc2)c1. The number of amides is 1. The smallest absolute Gasteiger partial charge is 0.229 e. The molecule has 126 valence electrons. The molecule has 4 heteroatoms. The molecule has 2 atom stereocenters. The lowest BCUT2D eigenvalue weighted by atomic mass is 9.74. The van der Waals surface area contributed by atoms with E-state index >= 15 is 0 Å². The molecule has 4 N–H and O–H groups in total. The number of carbonyl (C=O) groups excluding carboxylic acids is 1. The monoisotopic (exact) mass is 323 g/mol. The third kappa shape index (κ3) is 3.95. The highest BCUT2D eigenvalue weighted by Crippen LogP contribution is 2.32. The minimum absolute atomic E-state index is 0.0246. The maximum absolute atomic E-state index is 12.6. The normalized spacial score (nSPS) is 23.5. The number of rotatable bonds is 4. The predicted molar refractivity (Wildman–Crippen MR) is 99.3 cm³/mol. The Balaban J connectivity index is 1.69. The summed E-state index contributed by atoms with van der Waals surface area (Å²) < 4.78 is 0. The summed E-state index contributed by atoms with van der Waals surface area (Å²) in [4.78, 5) is 12.6. The molecule has 2 unspecified atom stereocenters. The molecule has 2 aromatic carbocycles. The van der Waals surface area contributed by atoms with Crippen molar-refractivity contribution in [3.05, 3.63) is 54.6 Å². The Morgan fingerprint density at radius 2 is 1.75 bits per heavy atom. The topological polar surface area (TPSA) is 67.2 Å². The highest BCUT2D eigenvalue weighted by Gasteiger charge is 2.37. The third-order valence-electron chi connectivity index (χ3n) is 4.76. The number of anilines is 3. The van der Waals surface area contributed by atoms with E-state index in [1.165, 1.54) is 0 Å². The first-order valence-corrected chi connectivity index (χ1v) is 8.56. The summed E-state index contributed by atoms with van der Waals surface area (Å²) >= 11 is 0. The first kappa shape index (κ1) is 16.5. The van der Waals surface area contributed by atoms with Crippen LogP contribution in [-0.2, 0) is 4.79 Å². The van der Waals surface area contributed by atoms with Crippen LogP contribution in [0.5, 0.6) is 0 Å². The van der Waals surface area contributed by atoms with Crippen molar-refractivity contribution in [1.82, 2.24) is 0 Å². The Morgan fingerprint density at radius 1 is 1.04 bits per heavy atom. The molecule has 0 aromatic heterocycles. The second-order valence-electron chi connectivity index (χ2n) is 6.87. The van der Waals surface area contributed by atoms with E-state index in [0.717, 1.165) is 42.7 Å². The van der Waals surface area contributed by atoms with Crippen molar-refractivity contribution in [3.63, 3.8) is 0 Å². The van der Waals surface area contributed by atoms with Crippen LogP contribution in [0.1, 0.15) is 32.6 Å². The van der Waals surface area contributed by atoms with Crippen LogP contribution in [0.15, 0.2) is 54.6 Å². The van der Waals surface area contributed by atoms with Crippen molar-refractivity contribution < 1.29 is 4.79 Å². The zero-order valence-corrected chi connectivity index (χ0v) is 14.1. The molecule has 3 rings (SSSR count). The maximum Gasteiger partial charge on any atom is 0.229 e. The Kier molecular flexibility index (Phi) is 4.86. The van der Waals surface area contributed by atoms with Crippen LogP contribution in [0.3, 0.4) is 0 Å². The molecule has 0 saturated heterocycles. The number of benzene rings is 2. The molecule has 4 nitrogen and oxygen atoms in total. The zero-order valence-electron chi connectivity index (χ0n) is 14.1. The summed E-state index contributed by atoms with van der Waals surface area (Å²) in [6, 6.07) is 17.7. The van der Waals surface area contributed by atoms with E-state index in [1.54, 1.807) is 0 Å². The van der Waals surface area contributed by atoms with Crippen LogP contribution >= 0.6 is 0 Å². The van der Waals surface area contributed by atoms with Gasteiger partial charge in [0.05, 0.1) is 5.92 Å². The molecule has 0 bridgehead atoms. The number of hydrogen-bond donors (Lipinski definition) is 3. The van der Waals surface area contributed by atoms with Gasteiger partial charge < -0.3 is 16.4 Å². The van der Waals surface area contributed by atoms with Crippen LogP contribution in [0, 0.1) is 5.92 Å². The van der Waals surface area contributed by atoms with Crippen LogP contribution < -0.4 is 16.4 Å². The first-order chi connectivity index (χ1) is 11.5. The third-order valence-corrected chi connectivity index (χ3v) is 4.76. The summed E-state index contributed by atoms with van der Waals surface area (Å²) in [6.45, 7) is 1.99. The van der Waals surface area contributed by atoms with Crippen LogP contribution in [0.2, 0.25) is 0 Å². The number of hydrogen-bond acceptors (Lipinski definition) is 3. The van der Waals surface area contributed by atoms with Crippen LogP contribution in [0.25, 0.3) is 0 Å². The van der Waals surface area contributed by atoms with Gasteiger partial charge in [0.25, 0.3) is 0 Å². The summed E-state index contributed by atoms with van der Waals surface area (Å²) in [6.07, 6.45) is 3.94. The largest absolute Gasteiger partial charge is 0.355 e. The predicted octanol–water partition coefficient (Wildman–Crippen LogP) is 4.28. The van der Waals surface area contributed by atoms with Crippen LogP contribution in [-0.4, -0.2) is 11.4 Å². The van der Waals surface area contributed by atoms with Crippen molar-refractivity contribution in [2.75, 3.05) is 10.6 Å². The van der Waals surface area contributed by atoms with Gasteiger partial charge in [-0.1, -0.05) is 37.1 Å². The number of para-hydroxylation sites is 1. The van der Waals surface area contributed by atoms with E-state index in [9.17, 15) is 4.79 Å². The molecule has 1 amide bonds. The number of nitrogens with one attached hydrogen (secondary N) is 2. The molecule has 1 aliphatic rings. The molecule has 1 aliphatic carbocycles. The molecular weight excluding hydrogens is 298 g/mol. The Bertz CT molecular complexity index is 697. The van der Waals surface area contributed by atoms with Gasteiger partial charge in [0.2, 0.25) is 5.91 Å². The second kappa shape index (κ2) is 7.05. The van der Waals surface area contributed by atoms with Gasteiger partial charge in [-0.2, -0.15) is 0 Å². The molecule has 0 radical (unpaired) electrons. The van der Waals surface area contributed by atoms with Gasteiger partial charge in [0.15, 0.2) is 0 Å². The fraction of sp³-hybridized carbons (Fsp3) is 0.350. The average molecular weight is 323 g/mol. The van der Waals surface area contributed by atoms with Gasteiger partial charge in [-0.3, -0.25) is 4.79 Å².